The molecule has 0 aromatic heterocycles. The average molecular weight is 399 g/mol. The van der Waals surface area contributed by atoms with E-state index in [-0.39, 0.29) is 5.91 Å². The van der Waals surface area contributed by atoms with Gasteiger partial charge >= 0.3 is 0 Å². The normalized spacial score (nSPS) is 20.2. The van der Waals surface area contributed by atoms with Crippen LogP contribution in [0.15, 0.2) is 42.5 Å². The minimum atomic E-state index is -0.823. The average Bonchev–Trinajstić information content (AvgIpc) is 3.24. The highest BCUT2D eigenvalue weighted by molar-refractivity contribution is 5.95. The maximum absolute atomic E-state index is 13.4. The van der Waals surface area contributed by atoms with Crippen molar-refractivity contribution in [3.8, 4) is 0 Å². The first kappa shape index (κ1) is 20.0. The molecule has 6 heteroatoms. The van der Waals surface area contributed by atoms with Gasteiger partial charge in [-0.25, -0.2) is 8.78 Å². The molecule has 0 spiro atoms. The van der Waals surface area contributed by atoms with E-state index in [1.165, 1.54) is 12.1 Å². The Morgan fingerprint density at radius 2 is 1.83 bits per heavy atom. The molecule has 2 fully saturated rings. The Hall–Kier alpha value is -2.31. The monoisotopic (exact) mass is 399 g/mol. The van der Waals surface area contributed by atoms with Gasteiger partial charge in [0.25, 0.3) is 5.91 Å². The summed E-state index contributed by atoms with van der Waals surface area (Å²) in [4.78, 5) is 17.2. The lowest BCUT2D eigenvalue weighted by molar-refractivity contribution is 0.0627. The van der Waals surface area contributed by atoms with Crippen LogP contribution in [0.5, 0.6) is 0 Å². The van der Waals surface area contributed by atoms with Crippen LogP contribution >= 0.6 is 0 Å². The molecule has 1 unspecified atom stereocenters. The molecule has 154 valence electrons. The van der Waals surface area contributed by atoms with Crippen LogP contribution in [0.25, 0.3) is 0 Å². The van der Waals surface area contributed by atoms with Gasteiger partial charge in [0.05, 0.1) is 0 Å². The van der Waals surface area contributed by atoms with E-state index >= 15 is 0 Å². The van der Waals surface area contributed by atoms with Crippen LogP contribution in [0.4, 0.5) is 8.78 Å². The number of carbonyl (C=O) groups excluding carboxylic acids is 1. The van der Waals surface area contributed by atoms with E-state index in [1.54, 1.807) is 6.07 Å². The van der Waals surface area contributed by atoms with Crippen molar-refractivity contribution >= 4 is 5.91 Å². The van der Waals surface area contributed by atoms with Gasteiger partial charge in [-0.15, -0.1) is 0 Å². The second-order valence-corrected chi connectivity index (χ2v) is 8.04. The number of halogens is 2. The third-order valence-electron chi connectivity index (χ3n) is 5.97. The van der Waals surface area contributed by atoms with Gasteiger partial charge in [-0.3, -0.25) is 9.69 Å². The maximum atomic E-state index is 13.4. The molecular weight excluding hydrogens is 372 g/mol. The fourth-order valence-corrected chi connectivity index (χ4v) is 4.28. The van der Waals surface area contributed by atoms with Crippen molar-refractivity contribution in [2.75, 3.05) is 39.3 Å². The summed E-state index contributed by atoms with van der Waals surface area (Å²) in [6.45, 7) is 5.36. The van der Waals surface area contributed by atoms with E-state index in [1.807, 2.05) is 23.1 Å². The van der Waals surface area contributed by atoms with Crippen molar-refractivity contribution in [2.24, 2.45) is 5.92 Å². The highest BCUT2D eigenvalue weighted by Crippen LogP contribution is 2.21. The van der Waals surface area contributed by atoms with Crippen LogP contribution < -0.4 is 5.32 Å². The number of amides is 1. The fourth-order valence-electron chi connectivity index (χ4n) is 4.28. The SMILES string of the molecule is O=C(c1ccccc1CC1CCNC1)N1CCN(Cc2ccc(F)c(F)c2)CC1. The van der Waals surface area contributed by atoms with Gasteiger partial charge in [-0.1, -0.05) is 24.3 Å². The molecule has 29 heavy (non-hydrogen) atoms. The number of piperazine rings is 1. The molecule has 0 aliphatic carbocycles. The van der Waals surface area contributed by atoms with E-state index in [0.717, 1.165) is 55.7 Å². The first-order valence-electron chi connectivity index (χ1n) is 10.3. The first-order chi connectivity index (χ1) is 14.1. The van der Waals surface area contributed by atoms with Crippen LogP contribution in [0.2, 0.25) is 0 Å². The summed E-state index contributed by atoms with van der Waals surface area (Å²) in [5, 5.41) is 3.39. The minimum absolute atomic E-state index is 0.0963. The highest BCUT2D eigenvalue weighted by Gasteiger charge is 2.25. The summed E-state index contributed by atoms with van der Waals surface area (Å²) in [7, 11) is 0. The zero-order valence-corrected chi connectivity index (χ0v) is 16.5. The number of carbonyl (C=O) groups is 1. The van der Waals surface area contributed by atoms with Crippen molar-refractivity contribution in [1.82, 2.24) is 15.1 Å². The number of hydrogen-bond donors (Lipinski definition) is 1. The van der Waals surface area contributed by atoms with Gasteiger partial charge in [0.1, 0.15) is 0 Å². The molecule has 2 heterocycles. The Labute approximate surface area is 170 Å². The Kier molecular flexibility index (Phi) is 6.21. The predicted octanol–water partition coefficient (Wildman–Crippen LogP) is 3.07. The molecule has 2 saturated heterocycles. The zero-order chi connectivity index (χ0) is 20.2. The van der Waals surface area contributed by atoms with Crippen molar-refractivity contribution in [1.29, 1.82) is 0 Å². The lowest BCUT2D eigenvalue weighted by atomic mass is 9.94. The molecule has 4 nitrogen and oxygen atoms in total. The Morgan fingerprint density at radius 3 is 2.55 bits per heavy atom. The first-order valence-corrected chi connectivity index (χ1v) is 10.3. The second kappa shape index (κ2) is 9.01. The molecule has 1 N–H and O–H groups in total. The predicted molar refractivity (Wildman–Crippen MR) is 109 cm³/mol. The fraction of sp³-hybridized carbons (Fsp3) is 0.435. The molecule has 0 bridgehead atoms. The number of nitrogens with zero attached hydrogens (tertiary/aromatic N) is 2. The van der Waals surface area contributed by atoms with Crippen LogP contribution in [0.1, 0.15) is 27.9 Å². The zero-order valence-electron chi connectivity index (χ0n) is 16.5. The Morgan fingerprint density at radius 1 is 1.03 bits per heavy atom. The summed E-state index contributed by atoms with van der Waals surface area (Å²) < 4.78 is 26.5. The van der Waals surface area contributed by atoms with Crippen LogP contribution in [-0.4, -0.2) is 55.0 Å². The minimum Gasteiger partial charge on any atom is -0.336 e. The summed E-state index contributed by atoms with van der Waals surface area (Å²) in [5.41, 5.74) is 2.70. The second-order valence-electron chi connectivity index (χ2n) is 8.04. The van der Waals surface area contributed by atoms with Gasteiger partial charge in [-0.05, 0) is 61.2 Å². The largest absolute Gasteiger partial charge is 0.336 e. The van der Waals surface area contributed by atoms with Crippen LogP contribution in [0.3, 0.4) is 0 Å². The number of benzene rings is 2. The molecular formula is C23H27F2N3O. The third-order valence-corrected chi connectivity index (χ3v) is 5.97. The quantitative estimate of drug-likeness (QED) is 0.839. The number of hydrogen-bond acceptors (Lipinski definition) is 3. The van der Waals surface area contributed by atoms with Crippen molar-refractivity contribution in [3.63, 3.8) is 0 Å². The molecule has 1 atom stereocenters. The van der Waals surface area contributed by atoms with E-state index in [9.17, 15) is 13.6 Å². The Bertz CT molecular complexity index is 859. The summed E-state index contributed by atoms with van der Waals surface area (Å²) in [6.07, 6.45) is 2.09. The van der Waals surface area contributed by atoms with Crippen molar-refractivity contribution < 1.29 is 13.6 Å². The smallest absolute Gasteiger partial charge is 0.254 e. The van der Waals surface area contributed by atoms with Crippen LogP contribution in [-0.2, 0) is 13.0 Å². The highest BCUT2D eigenvalue weighted by atomic mass is 19.2. The van der Waals surface area contributed by atoms with E-state index < -0.39 is 11.6 Å². The molecule has 2 aromatic carbocycles. The summed E-state index contributed by atoms with van der Waals surface area (Å²) in [5.74, 6) is -0.947. The molecule has 0 radical (unpaired) electrons. The van der Waals surface area contributed by atoms with E-state index in [2.05, 4.69) is 16.3 Å². The maximum Gasteiger partial charge on any atom is 0.254 e. The van der Waals surface area contributed by atoms with Gasteiger partial charge < -0.3 is 10.2 Å². The molecule has 1 amide bonds. The molecule has 2 aliphatic heterocycles. The topological polar surface area (TPSA) is 35.6 Å². The number of rotatable bonds is 5. The molecule has 2 aromatic rings. The lowest BCUT2D eigenvalue weighted by Gasteiger charge is -2.35. The van der Waals surface area contributed by atoms with Gasteiger partial charge in [0, 0.05) is 38.3 Å². The lowest BCUT2D eigenvalue weighted by Crippen LogP contribution is -2.48. The molecule has 4 rings (SSSR count). The van der Waals surface area contributed by atoms with E-state index in [0.29, 0.717) is 25.6 Å². The van der Waals surface area contributed by atoms with Crippen LogP contribution in [0, 0.1) is 17.6 Å². The Balaban J connectivity index is 1.36. The molecule has 2 aliphatic rings. The van der Waals surface area contributed by atoms with Gasteiger partial charge in [0.2, 0.25) is 0 Å². The standard InChI is InChI=1S/C23H27F2N3O/c24-21-6-5-18(14-22(21)25)16-27-9-11-28(12-10-27)23(29)20-4-2-1-3-19(20)13-17-7-8-26-15-17/h1-6,14,17,26H,7-13,15-16H2. The van der Waals surface area contributed by atoms with Crippen molar-refractivity contribution in [2.45, 2.75) is 19.4 Å². The van der Waals surface area contributed by atoms with Gasteiger partial charge in [-0.2, -0.15) is 0 Å². The van der Waals surface area contributed by atoms with E-state index in [4.69, 9.17) is 0 Å². The summed E-state index contributed by atoms with van der Waals surface area (Å²) in [6, 6.07) is 12.0. The summed E-state index contributed by atoms with van der Waals surface area (Å²) >= 11 is 0. The van der Waals surface area contributed by atoms with Crippen molar-refractivity contribution in [3.05, 3.63) is 70.8 Å². The number of nitrogens with one attached hydrogen (secondary N) is 1. The third kappa shape index (κ3) is 4.82. The molecule has 0 saturated carbocycles. The van der Waals surface area contributed by atoms with Gasteiger partial charge in [0.15, 0.2) is 11.6 Å².